The number of thioether (sulfide) groups is 1. The van der Waals surface area contributed by atoms with Crippen LogP contribution >= 0.6 is 11.8 Å². The molecule has 22 heavy (non-hydrogen) atoms. The molecule has 3 nitrogen and oxygen atoms in total. The normalized spacial score (nSPS) is 11.2. The summed E-state index contributed by atoms with van der Waals surface area (Å²) in [6.45, 7) is 6.89. The summed E-state index contributed by atoms with van der Waals surface area (Å²) >= 11 is 1.36. The number of anilines is 1. The first-order chi connectivity index (χ1) is 10.6. The molecule has 1 aromatic carbocycles. The summed E-state index contributed by atoms with van der Waals surface area (Å²) in [5, 5.41) is 2.38. The third kappa shape index (κ3) is 6.26. The van der Waals surface area contributed by atoms with Crippen LogP contribution in [0.1, 0.15) is 50.8 Å². The van der Waals surface area contributed by atoms with E-state index in [1.807, 2.05) is 6.26 Å². The minimum Gasteiger partial charge on any atom is -0.493 e. The molecule has 0 aliphatic heterocycles. The number of rotatable bonds is 8. The van der Waals surface area contributed by atoms with Crippen LogP contribution in [0.3, 0.4) is 0 Å². The average Bonchev–Trinajstić information content (AvgIpc) is 2.51. The van der Waals surface area contributed by atoms with Crippen LogP contribution in [0.2, 0.25) is 0 Å². The van der Waals surface area contributed by atoms with Crippen LogP contribution in [0.4, 0.5) is 10.1 Å². The van der Waals surface area contributed by atoms with Gasteiger partial charge in [0, 0.05) is 12.6 Å². The summed E-state index contributed by atoms with van der Waals surface area (Å²) in [6.07, 6.45) is 5.83. The number of ether oxygens (including phenoxy) is 1. The average molecular weight is 329 g/mol. The van der Waals surface area contributed by atoms with E-state index in [1.54, 1.807) is 13.1 Å². The van der Waals surface area contributed by atoms with Crippen molar-refractivity contribution in [3.63, 3.8) is 0 Å². The number of hydrogen-bond donors (Lipinski definition) is 1. The van der Waals surface area contributed by atoms with Crippen molar-refractivity contribution >= 4 is 23.7 Å². The lowest BCUT2D eigenvalue weighted by Gasteiger charge is -2.19. The number of nitrogens with one attached hydrogen (secondary N) is 1. The molecule has 0 aromatic heterocycles. The molecule has 0 aliphatic rings. The molecule has 0 radical (unpaired) electrons. The van der Waals surface area contributed by atoms with E-state index in [1.165, 1.54) is 24.2 Å². The van der Waals surface area contributed by atoms with Crippen LogP contribution in [0.5, 0.6) is 5.75 Å². The van der Waals surface area contributed by atoms with Gasteiger partial charge in [-0.1, -0.05) is 33.6 Å². The van der Waals surface area contributed by atoms with Gasteiger partial charge in [-0.3, -0.25) is 0 Å². The van der Waals surface area contributed by atoms with Gasteiger partial charge in [0.2, 0.25) is 0 Å². The van der Waals surface area contributed by atoms with Crippen LogP contribution in [0.15, 0.2) is 12.1 Å². The second-order valence-electron chi connectivity index (χ2n) is 4.79. The first-order valence-electron chi connectivity index (χ1n) is 7.72. The first-order valence-corrected chi connectivity index (χ1v) is 9.00. The third-order valence-corrected chi connectivity index (χ3v) is 3.68. The van der Waals surface area contributed by atoms with Gasteiger partial charge in [0.15, 0.2) is 0 Å². The third-order valence-electron chi connectivity index (χ3n) is 2.82. The maximum Gasteiger partial charge on any atom is 0.146 e. The van der Waals surface area contributed by atoms with Gasteiger partial charge in [-0.05, 0) is 24.8 Å². The Balaban J connectivity index is 0.00000135. The summed E-state index contributed by atoms with van der Waals surface area (Å²) in [4.78, 5) is 11.2. The van der Waals surface area contributed by atoms with Crippen LogP contribution in [-0.2, 0) is 4.79 Å². The second kappa shape index (κ2) is 12.3. The molecule has 1 unspecified atom stereocenters. The Morgan fingerprint density at radius 2 is 2.00 bits per heavy atom. The fraction of sp³-hybridized carbons (Fsp3) is 0.588. The van der Waals surface area contributed by atoms with Crippen LogP contribution in [-0.4, -0.2) is 26.2 Å². The SMILES string of the molecule is CCC.CCCCOc1ccc(F)c(NC)c1C(C=O)SC. The molecule has 126 valence electrons. The van der Waals surface area contributed by atoms with Crippen molar-refractivity contribution in [2.45, 2.75) is 45.3 Å². The maximum atomic E-state index is 13.8. The predicted molar refractivity (Wildman–Crippen MR) is 94.6 cm³/mol. The van der Waals surface area contributed by atoms with Crippen molar-refractivity contribution in [1.29, 1.82) is 0 Å². The standard InChI is InChI=1S/C14H20FNO2S.C3H8/c1-4-5-8-18-11-7-6-10(15)14(16-2)13(11)12(9-17)19-3;1-3-2/h6-7,9,12,16H,4-5,8H2,1-3H3;3H2,1-2H3. The van der Waals surface area contributed by atoms with Crippen LogP contribution < -0.4 is 10.1 Å². The summed E-state index contributed by atoms with van der Waals surface area (Å²) in [6, 6.07) is 2.95. The van der Waals surface area contributed by atoms with Gasteiger partial charge in [-0.25, -0.2) is 4.39 Å². The van der Waals surface area contributed by atoms with E-state index in [-0.39, 0.29) is 5.82 Å². The maximum absolute atomic E-state index is 13.8. The molecule has 0 bridgehead atoms. The zero-order chi connectivity index (χ0) is 17.0. The second-order valence-corrected chi connectivity index (χ2v) is 5.76. The van der Waals surface area contributed by atoms with Gasteiger partial charge in [-0.15, -0.1) is 11.8 Å². The Morgan fingerprint density at radius 1 is 1.36 bits per heavy atom. The van der Waals surface area contributed by atoms with Crippen molar-refractivity contribution in [1.82, 2.24) is 0 Å². The number of hydrogen-bond acceptors (Lipinski definition) is 4. The highest BCUT2D eigenvalue weighted by Crippen LogP contribution is 2.39. The minimum atomic E-state index is -0.435. The van der Waals surface area contributed by atoms with Crippen molar-refractivity contribution in [3.05, 3.63) is 23.5 Å². The Morgan fingerprint density at radius 3 is 2.45 bits per heavy atom. The van der Waals surface area contributed by atoms with E-state index in [2.05, 4.69) is 26.1 Å². The molecule has 5 heteroatoms. The lowest BCUT2D eigenvalue weighted by atomic mass is 10.1. The number of carbonyl (C=O) groups excluding carboxylic acids is 1. The monoisotopic (exact) mass is 329 g/mol. The zero-order valence-electron chi connectivity index (χ0n) is 14.2. The number of carbonyl (C=O) groups is 1. The van der Waals surface area contributed by atoms with Gasteiger partial charge in [0.05, 0.1) is 17.5 Å². The fourth-order valence-electron chi connectivity index (χ4n) is 1.80. The number of benzene rings is 1. The molecule has 0 fully saturated rings. The minimum absolute atomic E-state index is 0.334. The largest absolute Gasteiger partial charge is 0.493 e. The van der Waals surface area contributed by atoms with E-state index in [4.69, 9.17) is 4.74 Å². The first kappa shape index (κ1) is 20.8. The van der Waals surface area contributed by atoms with Gasteiger partial charge in [0.1, 0.15) is 17.9 Å². The van der Waals surface area contributed by atoms with Crippen molar-refractivity contribution in [3.8, 4) is 5.75 Å². The van der Waals surface area contributed by atoms with Crippen LogP contribution in [0, 0.1) is 5.82 Å². The molecule has 0 spiro atoms. The zero-order valence-corrected chi connectivity index (χ0v) is 15.1. The molecule has 1 rings (SSSR count). The predicted octanol–water partition coefficient (Wildman–Crippen LogP) is 5.07. The highest BCUT2D eigenvalue weighted by molar-refractivity contribution is 7.99. The number of aldehydes is 1. The summed E-state index contributed by atoms with van der Waals surface area (Å²) < 4.78 is 19.5. The van der Waals surface area contributed by atoms with E-state index >= 15 is 0 Å². The van der Waals surface area contributed by atoms with Crippen molar-refractivity contribution < 1.29 is 13.9 Å². The van der Waals surface area contributed by atoms with Crippen LogP contribution in [0.25, 0.3) is 0 Å². The van der Waals surface area contributed by atoms with E-state index in [0.29, 0.717) is 23.6 Å². The highest BCUT2D eigenvalue weighted by atomic mass is 32.2. The van der Waals surface area contributed by atoms with Gasteiger partial charge in [0.25, 0.3) is 0 Å². The highest BCUT2D eigenvalue weighted by Gasteiger charge is 2.21. The molecule has 0 saturated heterocycles. The molecule has 0 amide bonds. The molecule has 1 atom stereocenters. The fourth-order valence-corrected chi connectivity index (χ4v) is 2.38. The van der Waals surface area contributed by atoms with Gasteiger partial charge >= 0.3 is 0 Å². The Bertz CT molecular complexity index is 441. The molecule has 0 saturated carbocycles. The topological polar surface area (TPSA) is 38.3 Å². The Kier molecular flexibility index (Phi) is 11.6. The van der Waals surface area contributed by atoms with E-state index in [9.17, 15) is 9.18 Å². The molecular formula is C17H28FNO2S. The van der Waals surface area contributed by atoms with E-state index in [0.717, 1.165) is 19.1 Å². The number of halogens is 1. The van der Waals surface area contributed by atoms with Crippen molar-refractivity contribution in [2.24, 2.45) is 0 Å². The lowest BCUT2D eigenvalue weighted by Crippen LogP contribution is -2.08. The number of unbranched alkanes of at least 4 members (excludes halogenated alkanes) is 1. The summed E-state index contributed by atoms with van der Waals surface area (Å²) in [5.74, 6) is 0.201. The lowest BCUT2D eigenvalue weighted by molar-refractivity contribution is -0.107. The van der Waals surface area contributed by atoms with Crippen molar-refractivity contribution in [2.75, 3.05) is 25.2 Å². The molecule has 1 aromatic rings. The molecule has 0 heterocycles. The molecular weight excluding hydrogens is 301 g/mol. The smallest absolute Gasteiger partial charge is 0.146 e. The summed E-state index contributed by atoms with van der Waals surface area (Å²) in [7, 11) is 1.64. The van der Waals surface area contributed by atoms with E-state index < -0.39 is 5.25 Å². The van der Waals surface area contributed by atoms with Gasteiger partial charge in [-0.2, -0.15) is 0 Å². The molecule has 1 N–H and O–H groups in total. The summed E-state index contributed by atoms with van der Waals surface area (Å²) in [5.41, 5.74) is 0.918. The molecule has 0 aliphatic carbocycles. The van der Waals surface area contributed by atoms with Gasteiger partial charge < -0.3 is 14.8 Å². The quantitative estimate of drug-likeness (QED) is 0.534. The Labute approximate surface area is 138 Å². The Hall–Kier alpha value is -1.23.